The molecule has 1 aliphatic carbocycles. The standard InChI is InChI=1S/C12H14F3NO3S/c13-12(14,15)9-3-1-2-4-11(9)20(18,19)16-7-10(17)8-5-6-8/h1-4,8,10,16-17H,5-7H2. The molecule has 0 spiro atoms. The first-order chi connectivity index (χ1) is 9.22. The molecule has 4 nitrogen and oxygen atoms in total. The fraction of sp³-hybridized carbons (Fsp3) is 0.500. The molecule has 112 valence electrons. The predicted molar refractivity (Wildman–Crippen MR) is 65.4 cm³/mol. The van der Waals surface area contributed by atoms with Crippen molar-refractivity contribution in [2.45, 2.75) is 30.0 Å². The van der Waals surface area contributed by atoms with Crippen LogP contribution in [0.2, 0.25) is 0 Å². The molecule has 0 heterocycles. The van der Waals surface area contributed by atoms with E-state index in [0.717, 1.165) is 25.0 Å². The van der Waals surface area contributed by atoms with E-state index >= 15 is 0 Å². The van der Waals surface area contributed by atoms with Crippen molar-refractivity contribution in [2.24, 2.45) is 5.92 Å². The molecule has 1 saturated carbocycles. The third-order valence-electron chi connectivity index (χ3n) is 3.13. The van der Waals surface area contributed by atoms with E-state index in [1.165, 1.54) is 6.07 Å². The summed E-state index contributed by atoms with van der Waals surface area (Å²) in [6.45, 7) is -0.279. The van der Waals surface area contributed by atoms with Crippen LogP contribution < -0.4 is 4.72 Å². The van der Waals surface area contributed by atoms with Crippen molar-refractivity contribution < 1.29 is 26.7 Å². The second-order valence-corrected chi connectivity index (χ2v) is 6.49. The van der Waals surface area contributed by atoms with Gasteiger partial charge in [-0.25, -0.2) is 13.1 Å². The van der Waals surface area contributed by atoms with Crippen LogP contribution in [0.5, 0.6) is 0 Å². The Bertz CT molecular complexity index is 582. The van der Waals surface area contributed by atoms with E-state index in [1.54, 1.807) is 0 Å². The van der Waals surface area contributed by atoms with Gasteiger partial charge in [0, 0.05) is 6.54 Å². The van der Waals surface area contributed by atoms with Crippen molar-refractivity contribution in [1.82, 2.24) is 4.72 Å². The summed E-state index contributed by atoms with van der Waals surface area (Å²) in [6.07, 6.45) is -3.99. The van der Waals surface area contributed by atoms with Gasteiger partial charge in [0.2, 0.25) is 10.0 Å². The Morgan fingerprint density at radius 3 is 2.45 bits per heavy atom. The van der Waals surface area contributed by atoms with E-state index in [2.05, 4.69) is 0 Å². The van der Waals surface area contributed by atoms with Crippen molar-refractivity contribution in [1.29, 1.82) is 0 Å². The molecule has 1 aromatic rings. The Labute approximate surface area is 114 Å². The summed E-state index contributed by atoms with van der Waals surface area (Å²) in [7, 11) is -4.30. The van der Waals surface area contributed by atoms with E-state index in [0.29, 0.717) is 6.07 Å². The molecular formula is C12H14F3NO3S. The molecule has 0 radical (unpaired) electrons. The molecule has 2 rings (SSSR count). The molecule has 1 unspecified atom stereocenters. The first kappa shape index (κ1) is 15.3. The summed E-state index contributed by atoms with van der Waals surface area (Å²) in [5, 5.41) is 9.58. The van der Waals surface area contributed by atoms with Crippen LogP contribution in [0.4, 0.5) is 13.2 Å². The maximum absolute atomic E-state index is 12.8. The molecule has 1 aliphatic rings. The second kappa shape index (κ2) is 5.34. The zero-order valence-electron chi connectivity index (χ0n) is 10.4. The second-order valence-electron chi connectivity index (χ2n) is 4.75. The zero-order chi connectivity index (χ0) is 15.0. The Kier molecular flexibility index (Phi) is 4.08. The van der Waals surface area contributed by atoms with Crippen molar-refractivity contribution in [3.05, 3.63) is 29.8 Å². The summed E-state index contributed by atoms with van der Waals surface area (Å²) in [6, 6.07) is 3.96. The first-order valence-corrected chi connectivity index (χ1v) is 7.54. The van der Waals surface area contributed by atoms with Crippen molar-refractivity contribution in [3.8, 4) is 0 Å². The maximum Gasteiger partial charge on any atom is 0.417 e. The van der Waals surface area contributed by atoms with Crippen LogP contribution in [0.3, 0.4) is 0 Å². The number of hydrogen-bond donors (Lipinski definition) is 2. The molecule has 0 amide bonds. The summed E-state index contributed by atoms with van der Waals surface area (Å²) in [4.78, 5) is -0.824. The number of aliphatic hydroxyl groups excluding tert-OH is 1. The lowest BCUT2D eigenvalue weighted by molar-refractivity contribution is -0.139. The van der Waals surface area contributed by atoms with E-state index in [4.69, 9.17) is 0 Å². The number of rotatable bonds is 5. The lowest BCUT2D eigenvalue weighted by Gasteiger charge is -2.15. The molecular weight excluding hydrogens is 295 g/mol. The number of nitrogens with one attached hydrogen (secondary N) is 1. The Morgan fingerprint density at radius 1 is 1.30 bits per heavy atom. The van der Waals surface area contributed by atoms with Crippen LogP contribution in [0.25, 0.3) is 0 Å². The molecule has 20 heavy (non-hydrogen) atoms. The quantitative estimate of drug-likeness (QED) is 0.871. The highest BCUT2D eigenvalue weighted by molar-refractivity contribution is 7.89. The molecule has 1 atom stereocenters. The van der Waals surface area contributed by atoms with Gasteiger partial charge >= 0.3 is 6.18 Å². The minimum Gasteiger partial charge on any atom is -0.391 e. The van der Waals surface area contributed by atoms with Gasteiger partial charge in [-0.2, -0.15) is 13.2 Å². The number of alkyl halides is 3. The van der Waals surface area contributed by atoms with Crippen LogP contribution in [0.15, 0.2) is 29.2 Å². The fourth-order valence-corrected chi connectivity index (χ4v) is 3.13. The van der Waals surface area contributed by atoms with Gasteiger partial charge in [-0.15, -0.1) is 0 Å². The van der Waals surface area contributed by atoms with E-state index in [-0.39, 0.29) is 12.5 Å². The van der Waals surface area contributed by atoms with Gasteiger partial charge < -0.3 is 5.11 Å². The van der Waals surface area contributed by atoms with Crippen LogP contribution in [0.1, 0.15) is 18.4 Å². The summed E-state index contributed by atoms with van der Waals surface area (Å²) >= 11 is 0. The van der Waals surface area contributed by atoms with Gasteiger partial charge in [0.1, 0.15) is 0 Å². The summed E-state index contributed by atoms with van der Waals surface area (Å²) in [5.74, 6) is 0.0376. The van der Waals surface area contributed by atoms with Crippen LogP contribution in [-0.4, -0.2) is 26.2 Å². The monoisotopic (exact) mass is 309 g/mol. The smallest absolute Gasteiger partial charge is 0.391 e. The number of sulfonamides is 1. The van der Waals surface area contributed by atoms with Crippen molar-refractivity contribution >= 4 is 10.0 Å². The molecule has 0 aromatic heterocycles. The fourth-order valence-electron chi connectivity index (χ4n) is 1.86. The highest BCUT2D eigenvalue weighted by Crippen LogP contribution is 2.34. The third-order valence-corrected chi connectivity index (χ3v) is 4.61. The summed E-state index contributed by atoms with van der Waals surface area (Å²) in [5.41, 5.74) is -1.21. The minimum atomic E-state index is -4.75. The predicted octanol–water partition coefficient (Wildman–Crippen LogP) is 1.75. The Balaban J connectivity index is 2.20. The molecule has 0 aliphatic heterocycles. The molecule has 1 aromatic carbocycles. The average molecular weight is 309 g/mol. The summed E-state index contributed by atoms with van der Waals surface area (Å²) < 4.78 is 64.2. The Morgan fingerprint density at radius 2 is 1.90 bits per heavy atom. The third kappa shape index (κ3) is 3.50. The number of halogens is 3. The molecule has 8 heteroatoms. The minimum absolute atomic E-state index is 0.0376. The van der Waals surface area contributed by atoms with E-state index < -0.39 is 32.8 Å². The van der Waals surface area contributed by atoms with Gasteiger partial charge in [-0.1, -0.05) is 12.1 Å². The highest BCUT2D eigenvalue weighted by Gasteiger charge is 2.37. The molecule has 2 N–H and O–H groups in total. The number of benzene rings is 1. The highest BCUT2D eigenvalue weighted by atomic mass is 32.2. The molecule has 0 saturated heterocycles. The lowest BCUT2D eigenvalue weighted by atomic mass is 10.2. The van der Waals surface area contributed by atoms with Gasteiger partial charge in [0.05, 0.1) is 16.6 Å². The van der Waals surface area contributed by atoms with Gasteiger partial charge in [-0.05, 0) is 30.9 Å². The largest absolute Gasteiger partial charge is 0.417 e. The topological polar surface area (TPSA) is 66.4 Å². The van der Waals surface area contributed by atoms with Gasteiger partial charge in [0.25, 0.3) is 0 Å². The SMILES string of the molecule is O=S(=O)(NCC(O)C1CC1)c1ccccc1C(F)(F)F. The number of hydrogen-bond acceptors (Lipinski definition) is 3. The zero-order valence-corrected chi connectivity index (χ0v) is 11.2. The van der Waals surface area contributed by atoms with Crippen LogP contribution in [0, 0.1) is 5.92 Å². The lowest BCUT2D eigenvalue weighted by Crippen LogP contribution is -2.34. The molecule has 0 bridgehead atoms. The van der Waals surface area contributed by atoms with Crippen molar-refractivity contribution in [2.75, 3.05) is 6.54 Å². The van der Waals surface area contributed by atoms with E-state index in [9.17, 15) is 26.7 Å². The maximum atomic E-state index is 12.8. The normalized spacial score (nSPS) is 18.0. The first-order valence-electron chi connectivity index (χ1n) is 6.06. The van der Waals surface area contributed by atoms with Gasteiger partial charge in [-0.3, -0.25) is 0 Å². The molecule has 1 fully saturated rings. The van der Waals surface area contributed by atoms with Crippen molar-refractivity contribution in [3.63, 3.8) is 0 Å². The Hall–Kier alpha value is -1.12. The number of aliphatic hydroxyl groups is 1. The average Bonchev–Trinajstić information content (AvgIpc) is 3.19. The van der Waals surface area contributed by atoms with Crippen LogP contribution >= 0.6 is 0 Å². The van der Waals surface area contributed by atoms with Gasteiger partial charge in [0.15, 0.2) is 0 Å². The van der Waals surface area contributed by atoms with E-state index in [1.807, 2.05) is 4.72 Å². The van der Waals surface area contributed by atoms with Crippen LogP contribution in [-0.2, 0) is 16.2 Å².